The van der Waals surface area contributed by atoms with Crippen LogP contribution in [0.5, 0.6) is 17.2 Å². The summed E-state index contributed by atoms with van der Waals surface area (Å²) < 4.78 is 16.7. The Hall–Kier alpha value is -3.97. The fourth-order valence-corrected chi connectivity index (χ4v) is 4.43. The van der Waals surface area contributed by atoms with Crippen molar-refractivity contribution in [2.24, 2.45) is 0 Å². The van der Waals surface area contributed by atoms with Crippen molar-refractivity contribution in [1.82, 2.24) is 0 Å². The normalized spacial score (nSPS) is 16.8. The minimum Gasteiger partial charge on any atom is -0.507 e. The second-order valence-corrected chi connectivity index (χ2v) is 8.39. The lowest BCUT2D eigenvalue weighted by atomic mass is 9.94. The van der Waals surface area contributed by atoms with Crippen molar-refractivity contribution in [2.45, 2.75) is 19.9 Å². The second kappa shape index (κ2) is 10.7. The molecule has 7 nitrogen and oxygen atoms in total. The molecule has 1 N–H and O–H groups in total. The molecule has 3 aromatic rings. The highest BCUT2D eigenvalue weighted by Gasteiger charge is 2.47. The van der Waals surface area contributed by atoms with Crippen molar-refractivity contribution in [3.63, 3.8) is 0 Å². The molecule has 1 aliphatic rings. The third-order valence-corrected chi connectivity index (χ3v) is 5.99. The first-order valence-corrected chi connectivity index (χ1v) is 11.9. The van der Waals surface area contributed by atoms with Crippen LogP contribution >= 0.6 is 11.6 Å². The summed E-state index contributed by atoms with van der Waals surface area (Å²) >= 11 is 6.19. The molecule has 1 atom stereocenters. The molecule has 1 aliphatic heterocycles. The maximum Gasteiger partial charge on any atom is 0.300 e. The summed E-state index contributed by atoms with van der Waals surface area (Å²) in [5.41, 5.74) is 1.16. The Bertz CT molecular complexity index is 1340. The maximum absolute atomic E-state index is 13.4. The van der Waals surface area contributed by atoms with Crippen molar-refractivity contribution in [1.29, 1.82) is 0 Å². The zero-order valence-corrected chi connectivity index (χ0v) is 20.9. The predicted octanol–water partition coefficient (Wildman–Crippen LogP) is 5.77. The lowest BCUT2D eigenvalue weighted by molar-refractivity contribution is -0.132. The highest BCUT2D eigenvalue weighted by molar-refractivity contribution is 6.51. The fraction of sp³-hybridized carbons (Fsp3) is 0.214. The molecule has 0 aromatic heterocycles. The lowest BCUT2D eigenvalue weighted by Gasteiger charge is -2.26. The number of carbonyl (C=O) groups is 2. The zero-order valence-electron chi connectivity index (χ0n) is 20.2. The van der Waals surface area contributed by atoms with Crippen LogP contribution < -0.4 is 19.1 Å². The lowest BCUT2D eigenvalue weighted by Crippen LogP contribution is -2.29. The summed E-state index contributed by atoms with van der Waals surface area (Å²) in [7, 11) is 1.45. The van der Waals surface area contributed by atoms with Gasteiger partial charge in [-0.3, -0.25) is 14.5 Å². The third-order valence-electron chi connectivity index (χ3n) is 5.75. The van der Waals surface area contributed by atoms with Gasteiger partial charge in [-0.25, -0.2) is 0 Å². The minimum atomic E-state index is -0.939. The topological polar surface area (TPSA) is 85.3 Å². The zero-order chi connectivity index (χ0) is 25.8. The summed E-state index contributed by atoms with van der Waals surface area (Å²) in [5, 5.41) is 11.8. The van der Waals surface area contributed by atoms with E-state index < -0.39 is 17.7 Å². The minimum absolute atomic E-state index is 0.0870. The molecule has 0 bridgehead atoms. The number of halogens is 1. The molecule has 1 amide bonds. The van der Waals surface area contributed by atoms with Crippen LogP contribution in [0, 0.1) is 0 Å². The van der Waals surface area contributed by atoms with Gasteiger partial charge in [-0.2, -0.15) is 0 Å². The Kier molecular flexibility index (Phi) is 7.50. The van der Waals surface area contributed by atoms with Crippen LogP contribution in [0.25, 0.3) is 5.76 Å². The molecule has 1 unspecified atom stereocenters. The number of benzene rings is 3. The Balaban J connectivity index is 1.97. The van der Waals surface area contributed by atoms with E-state index in [1.807, 2.05) is 13.8 Å². The first kappa shape index (κ1) is 25.1. The predicted molar refractivity (Wildman–Crippen MR) is 138 cm³/mol. The van der Waals surface area contributed by atoms with Crippen LogP contribution in [-0.4, -0.2) is 37.1 Å². The average molecular weight is 508 g/mol. The van der Waals surface area contributed by atoms with E-state index in [1.54, 1.807) is 60.7 Å². The number of ether oxygens (including phenoxy) is 3. The number of amides is 1. The first-order chi connectivity index (χ1) is 17.4. The van der Waals surface area contributed by atoms with E-state index >= 15 is 0 Å². The van der Waals surface area contributed by atoms with E-state index in [2.05, 4.69) is 0 Å². The molecule has 36 heavy (non-hydrogen) atoms. The van der Waals surface area contributed by atoms with E-state index in [1.165, 1.54) is 18.1 Å². The Labute approximate surface area is 214 Å². The van der Waals surface area contributed by atoms with E-state index in [-0.39, 0.29) is 16.9 Å². The monoisotopic (exact) mass is 507 g/mol. The summed E-state index contributed by atoms with van der Waals surface area (Å²) in [6.45, 7) is 4.61. The molecular weight excluding hydrogens is 482 g/mol. The van der Waals surface area contributed by atoms with Gasteiger partial charge >= 0.3 is 0 Å². The van der Waals surface area contributed by atoms with Gasteiger partial charge in [0, 0.05) is 16.8 Å². The van der Waals surface area contributed by atoms with Gasteiger partial charge in [-0.1, -0.05) is 29.8 Å². The molecule has 1 fully saturated rings. The number of hydrogen-bond donors (Lipinski definition) is 1. The first-order valence-electron chi connectivity index (χ1n) is 11.5. The number of aliphatic hydroxyl groups is 1. The molecule has 0 spiro atoms. The van der Waals surface area contributed by atoms with Crippen LogP contribution in [0.4, 0.5) is 5.69 Å². The standard InChI is InChI=1S/C28H26ClNO6/c1-4-35-20-10-6-8-17(14-20)25-24(26(31)22-15-18(29)12-13-23(22)34-3)27(32)28(33)30(25)19-9-7-11-21(16-19)36-5-2/h6-16,25,31H,4-5H2,1-3H3/b26-24+. The van der Waals surface area contributed by atoms with Crippen LogP contribution in [0.3, 0.4) is 0 Å². The largest absolute Gasteiger partial charge is 0.507 e. The van der Waals surface area contributed by atoms with Gasteiger partial charge in [-0.05, 0) is 61.9 Å². The van der Waals surface area contributed by atoms with Crippen molar-refractivity contribution < 1.29 is 28.9 Å². The van der Waals surface area contributed by atoms with Gasteiger partial charge < -0.3 is 19.3 Å². The van der Waals surface area contributed by atoms with E-state index in [0.29, 0.717) is 46.7 Å². The molecular formula is C28H26ClNO6. The number of hydrogen-bond acceptors (Lipinski definition) is 6. The molecule has 0 saturated carbocycles. The smallest absolute Gasteiger partial charge is 0.300 e. The van der Waals surface area contributed by atoms with Gasteiger partial charge in [0.2, 0.25) is 0 Å². The van der Waals surface area contributed by atoms with Gasteiger partial charge in [-0.15, -0.1) is 0 Å². The molecule has 1 heterocycles. The van der Waals surface area contributed by atoms with Crippen LogP contribution in [0.1, 0.15) is 31.0 Å². The SMILES string of the molecule is CCOc1cccc(C2/C(=C(\O)c3cc(Cl)ccc3OC)C(=O)C(=O)N2c2cccc(OCC)c2)c1. The number of Topliss-reactive ketones (excluding diaryl/α,β-unsaturated/α-hetero) is 1. The summed E-state index contributed by atoms with van der Waals surface area (Å²) in [5.74, 6) is -0.563. The van der Waals surface area contributed by atoms with Gasteiger partial charge in [0.25, 0.3) is 11.7 Å². The third kappa shape index (κ3) is 4.75. The number of ketones is 1. The van der Waals surface area contributed by atoms with Gasteiger partial charge in [0.05, 0.1) is 37.5 Å². The summed E-state index contributed by atoms with van der Waals surface area (Å²) in [6.07, 6.45) is 0. The van der Waals surface area contributed by atoms with Crippen LogP contribution in [0.2, 0.25) is 5.02 Å². The molecule has 1 saturated heterocycles. The molecule has 0 aliphatic carbocycles. The number of aliphatic hydroxyl groups excluding tert-OH is 1. The molecule has 0 radical (unpaired) electrons. The highest BCUT2D eigenvalue weighted by atomic mass is 35.5. The van der Waals surface area contributed by atoms with Crippen molar-refractivity contribution in [2.75, 3.05) is 25.2 Å². The Morgan fingerprint density at radius 3 is 2.28 bits per heavy atom. The van der Waals surface area contributed by atoms with Gasteiger partial charge in [0.1, 0.15) is 23.0 Å². The summed E-state index contributed by atoms with van der Waals surface area (Å²) in [6, 6.07) is 17.8. The number of methoxy groups -OCH3 is 1. The van der Waals surface area contributed by atoms with Crippen LogP contribution in [-0.2, 0) is 9.59 Å². The Morgan fingerprint density at radius 2 is 1.61 bits per heavy atom. The van der Waals surface area contributed by atoms with E-state index in [0.717, 1.165) is 0 Å². The molecule has 8 heteroatoms. The van der Waals surface area contributed by atoms with Gasteiger partial charge in [0.15, 0.2) is 0 Å². The highest BCUT2D eigenvalue weighted by Crippen LogP contribution is 2.44. The number of rotatable bonds is 8. The van der Waals surface area contributed by atoms with E-state index in [4.69, 9.17) is 25.8 Å². The number of anilines is 1. The van der Waals surface area contributed by atoms with Crippen molar-refractivity contribution in [3.8, 4) is 17.2 Å². The Morgan fingerprint density at radius 1 is 0.944 bits per heavy atom. The van der Waals surface area contributed by atoms with Crippen molar-refractivity contribution in [3.05, 3.63) is 88.5 Å². The number of nitrogens with zero attached hydrogens (tertiary/aromatic N) is 1. The molecule has 4 rings (SSSR count). The quantitative estimate of drug-likeness (QED) is 0.236. The summed E-state index contributed by atoms with van der Waals surface area (Å²) in [4.78, 5) is 28.2. The molecule has 3 aromatic carbocycles. The average Bonchev–Trinajstić information content (AvgIpc) is 3.14. The molecule has 186 valence electrons. The second-order valence-electron chi connectivity index (χ2n) is 7.95. The maximum atomic E-state index is 13.4. The fourth-order valence-electron chi connectivity index (χ4n) is 4.26. The van der Waals surface area contributed by atoms with Crippen molar-refractivity contribution >= 4 is 34.7 Å². The van der Waals surface area contributed by atoms with Crippen LogP contribution in [0.15, 0.2) is 72.3 Å². The van der Waals surface area contributed by atoms with E-state index in [9.17, 15) is 14.7 Å². The number of carbonyl (C=O) groups excluding carboxylic acids is 2.